The Balaban J connectivity index is 2.01. The SMILES string of the molecule is CC(NCc1ccccc1CN(C)C)c1ccc(F)cc1. The van der Waals surface area contributed by atoms with E-state index in [-0.39, 0.29) is 11.9 Å². The maximum Gasteiger partial charge on any atom is 0.123 e. The minimum absolute atomic E-state index is 0.192. The summed E-state index contributed by atoms with van der Waals surface area (Å²) in [6.45, 7) is 3.84. The third-order valence-electron chi connectivity index (χ3n) is 3.57. The van der Waals surface area contributed by atoms with E-state index in [1.165, 1.54) is 23.3 Å². The second-order valence-corrected chi connectivity index (χ2v) is 5.66. The van der Waals surface area contributed by atoms with Gasteiger partial charge in [-0.05, 0) is 49.8 Å². The van der Waals surface area contributed by atoms with Crippen LogP contribution in [0.5, 0.6) is 0 Å². The molecule has 0 amide bonds. The van der Waals surface area contributed by atoms with E-state index < -0.39 is 0 Å². The average molecular weight is 286 g/mol. The molecule has 3 heteroatoms. The van der Waals surface area contributed by atoms with Gasteiger partial charge >= 0.3 is 0 Å². The third kappa shape index (κ3) is 4.66. The molecule has 0 saturated heterocycles. The Morgan fingerprint density at radius 2 is 1.62 bits per heavy atom. The summed E-state index contributed by atoms with van der Waals surface area (Å²) in [4.78, 5) is 2.17. The number of hydrogen-bond acceptors (Lipinski definition) is 2. The predicted octanol–water partition coefficient (Wildman–Crippen LogP) is 3.74. The highest BCUT2D eigenvalue weighted by molar-refractivity contribution is 5.27. The zero-order valence-corrected chi connectivity index (χ0v) is 12.9. The van der Waals surface area contributed by atoms with Gasteiger partial charge in [-0.15, -0.1) is 0 Å². The van der Waals surface area contributed by atoms with Crippen LogP contribution in [0.4, 0.5) is 4.39 Å². The fraction of sp³-hybridized carbons (Fsp3) is 0.333. The van der Waals surface area contributed by atoms with Crippen molar-refractivity contribution < 1.29 is 4.39 Å². The number of halogens is 1. The van der Waals surface area contributed by atoms with Crippen molar-refractivity contribution in [2.24, 2.45) is 0 Å². The molecule has 0 heterocycles. The first-order valence-electron chi connectivity index (χ1n) is 7.26. The highest BCUT2D eigenvalue weighted by atomic mass is 19.1. The fourth-order valence-corrected chi connectivity index (χ4v) is 2.36. The molecule has 0 aliphatic carbocycles. The molecular weight excluding hydrogens is 263 g/mol. The summed E-state index contributed by atoms with van der Waals surface area (Å²) in [6, 6.07) is 15.3. The maximum absolute atomic E-state index is 13.0. The topological polar surface area (TPSA) is 15.3 Å². The van der Waals surface area contributed by atoms with Gasteiger partial charge in [0, 0.05) is 19.1 Å². The van der Waals surface area contributed by atoms with Gasteiger partial charge in [0.25, 0.3) is 0 Å². The Labute approximate surface area is 126 Å². The summed E-state index contributed by atoms with van der Waals surface area (Å²) in [6.07, 6.45) is 0. The first-order valence-corrected chi connectivity index (χ1v) is 7.26. The lowest BCUT2D eigenvalue weighted by atomic mass is 10.1. The van der Waals surface area contributed by atoms with Gasteiger partial charge in [-0.2, -0.15) is 0 Å². The Bertz CT molecular complexity index is 564. The van der Waals surface area contributed by atoms with E-state index in [0.717, 1.165) is 18.7 Å². The molecule has 2 aromatic rings. The second kappa shape index (κ2) is 7.34. The van der Waals surface area contributed by atoms with E-state index in [0.29, 0.717) is 0 Å². The molecule has 0 fully saturated rings. The van der Waals surface area contributed by atoms with Gasteiger partial charge in [0.05, 0.1) is 0 Å². The predicted molar refractivity (Wildman–Crippen MR) is 85.5 cm³/mol. The molecule has 2 rings (SSSR count). The summed E-state index contributed by atoms with van der Waals surface area (Å²) in [5, 5.41) is 3.51. The highest BCUT2D eigenvalue weighted by Crippen LogP contribution is 2.15. The number of nitrogens with zero attached hydrogens (tertiary/aromatic N) is 1. The van der Waals surface area contributed by atoms with Crippen LogP contribution in [-0.2, 0) is 13.1 Å². The van der Waals surface area contributed by atoms with E-state index in [4.69, 9.17) is 0 Å². The molecule has 0 aromatic heterocycles. The van der Waals surface area contributed by atoms with Crippen LogP contribution >= 0.6 is 0 Å². The standard InChI is InChI=1S/C18H23FN2/c1-14(15-8-10-18(19)11-9-15)20-12-16-6-4-5-7-17(16)13-21(2)3/h4-11,14,20H,12-13H2,1-3H3. The van der Waals surface area contributed by atoms with Crippen molar-refractivity contribution in [3.8, 4) is 0 Å². The minimum atomic E-state index is -0.192. The van der Waals surface area contributed by atoms with E-state index >= 15 is 0 Å². The Morgan fingerprint density at radius 1 is 1.00 bits per heavy atom. The minimum Gasteiger partial charge on any atom is -0.306 e. The number of hydrogen-bond donors (Lipinski definition) is 1. The molecule has 21 heavy (non-hydrogen) atoms. The van der Waals surface area contributed by atoms with E-state index in [9.17, 15) is 4.39 Å². The smallest absolute Gasteiger partial charge is 0.123 e. The Hall–Kier alpha value is -1.71. The number of rotatable bonds is 6. The van der Waals surface area contributed by atoms with Crippen molar-refractivity contribution in [1.82, 2.24) is 10.2 Å². The molecule has 0 aliphatic rings. The first kappa shape index (κ1) is 15.7. The van der Waals surface area contributed by atoms with Crippen LogP contribution in [-0.4, -0.2) is 19.0 Å². The normalized spacial score (nSPS) is 12.6. The maximum atomic E-state index is 13.0. The van der Waals surface area contributed by atoms with Crippen LogP contribution in [0.1, 0.15) is 29.7 Å². The molecule has 1 unspecified atom stereocenters. The zero-order chi connectivity index (χ0) is 15.2. The molecule has 0 aliphatic heterocycles. The largest absolute Gasteiger partial charge is 0.306 e. The summed E-state index contributed by atoms with van der Waals surface area (Å²) in [5.41, 5.74) is 3.74. The van der Waals surface area contributed by atoms with Gasteiger partial charge in [-0.3, -0.25) is 0 Å². The molecule has 2 aromatic carbocycles. The monoisotopic (exact) mass is 286 g/mol. The molecular formula is C18H23FN2. The summed E-state index contributed by atoms with van der Waals surface area (Å²) in [7, 11) is 4.15. The first-order chi connectivity index (χ1) is 10.1. The summed E-state index contributed by atoms with van der Waals surface area (Å²) < 4.78 is 13.0. The van der Waals surface area contributed by atoms with Gasteiger partial charge in [-0.1, -0.05) is 36.4 Å². The van der Waals surface area contributed by atoms with Gasteiger partial charge < -0.3 is 10.2 Å². The van der Waals surface area contributed by atoms with Crippen molar-refractivity contribution in [3.05, 3.63) is 71.0 Å². The lowest BCUT2D eigenvalue weighted by molar-refractivity contribution is 0.400. The van der Waals surface area contributed by atoms with Crippen molar-refractivity contribution in [2.45, 2.75) is 26.1 Å². The lowest BCUT2D eigenvalue weighted by Crippen LogP contribution is -2.20. The molecule has 0 spiro atoms. The van der Waals surface area contributed by atoms with Crippen LogP contribution in [0.25, 0.3) is 0 Å². The number of benzene rings is 2. The van der Waals surface area contributed by atoms with Crippen LogP contribution in [0.2, 0.25) is 0 Å². The van der Waals surface area contributed by atoms with E-state index in [1.807, 2.05) is 12.1 Å². The third-order valence-corrected chi connectivity index (χ3v) is 3.57. The van der Waals surface area contributed by atoms with Crippen LogP contribution in [0.15, 0.2) is 48.5 Å². The Morgan fingerprint density at radius 3 is 2.24 bits per heavy atom. The van der Waals surface area contributed by atoms with Gasteiger partial charge in [-0.25, -0.2) is 4.39 Å². The fourth-order valence-electron chi connectivity index (χ4n) is 2.36. The molecule has 112 valence electrons. The molecule has 1 atom stereocenters. The van der Waals surface area contributed by atoms with E-state index in [2.05, 4.69) is 55.5 Å². The highest BCUT2D eigenvalue weighted by Gasteiger charge is 2.07. The van der Waals surface area contributed by atoms with Crippen molar-refractivity contribution in [3.63, 3.8) is 0 Å². The van der Waals surface area contributed by atoms with Crippen molar-refractivity contribution in [2.75, 3.05) is 14.1 Å². The molecule has 0 bridgehead atoms. The average Bonchev–Trinajstić information content (AvgIpc) is 2.46. The molecule has 2 nitrogen and oxygen atoms in total. The van der Waals surface area contributed by atoms with Gasteiger partial charge in [0.15, 0.2) is 0 Å². The van der Waals surface area contributed by atoms with Crippen LogP contribution in [0, 0.1) is 5.82 Å². The van der Waals surface area contributed by atoms with Crippen LogP contribution < -0.4 is 5.32 Å². The van der Waals surface area contributed by atoms with Crippen molar-refractivity contribution in [1.29, 1.82) is 0 Å². The van der Waals surface area contributed by atoms with Gasteiger partial charge in [0.1, 0.15) is 5.82 Å². The summed E-state index contributed by atoms with van der Waals surface area (Å²) >= 11 is 0. The van der Waals surface area contributed by atoms with Gasteiger partial charge in [0.2, 0.25) is 0 Å². The quantitative estimate of drug-likeness (QED) is 0.870. The van der Waals surface area contributed by atoms with Crippen molar-refractivity contribution >= 4 is 0 Å². The number of nitrogens with one attached hydrogen (secondary N) is 1. The van der Waals surface area contributed by atoms with Crippen LogP contribution in [0.3, 0.4) is 0 Å². The molecule has 0 radical (unpaired) electrons. The lowest BCUT2D eigenvalue weighted by Gasteiger charge is -2.18. The zero-order valence-electron chi connectivity index (χ0n) is 12.9. The molecule has 1 N–H and O–H groups in total. The second-order valence-electron chi connectivity index (χ2n) is 5.66. The summed E-state index contributed by atoms with van der Waals surface area (Å²) in [5.74, 6) is -0.192. The molecule has 0 saturated carbocycles. The van der Waals surface area contributed by atoms with E-state index in [1.54, 1.807) is 0 Å². The Kier molecular flexibility index (Phi) is 5.48.